The molecule has 1 aliphatic rings. The Bertz CT molecular complexity index is 295. The zero-order valence-corrected chi connectivity index (χ0v) is 14.5. The molecule has 0 spiro atoms. The molecule has 0 aliphatic heterocycles. The van der Waals surface area contributed by atoms with Crippen LogP contribution in [0, 0.1) is 11.8 Å². The number of nitrogens with one attached hydrogen (secondary N) is 1. The number of methoxy groups -OCH3 is 1. The van der Waals surface area contributed by atoms with E-state index in [1.807, 2.05) is 0 Å². The summed E-state index contributed by atoms with van der Waals surface area (Å²) in [5, 5.41) is 2.54. The van der Waals surface area contributed by atoms with Crippen molar-refractivity contribution in [2.75, 3.05) is 34.3 Å². The molecule has 3 N–H and O–H groups in total. The van der Waals surface area contributed by atoms with Crippen molar-refractivity contribution in [1.82, 2.24) is 0 Å². The molecule has 0 amide bonds. The van der Waals surface area contributed by atoms with Gasteiger partial charge in [0.05, 0.1) is 27.2 Å². The molecule has 1 saturated carbocycles. The number of hydrogen-bond acceptors (Lipinski definition) is 2. The molecule has 3 atom stereocenters. The molecule has 1 aliphatic carbocycles. The first kappa shape index (κ1) is 18.4. The van der Waals surface area contributed by atoms with Crippen LogP contribution in [-0.2, 0) is 9.53 Å². The van der Waals surface area contributed by atoms with E-state index in [1.54, 1.807) is 0 Å². The summed E-state index contributed by atoms with van der Waals surface area (Å²) in [4.78, 5) is 13.1. The van der Waals surface area contributed by atoms with Crippen molar-refractivity contribution in [2.45, 2.75) is 57.9 Å². The highest BCUT2D eigenvalue weighted by Crippen LogP contribution is 2.36. The fourth-order valence-corrected chi connectivity index (χ4v) is 3.69. The largest absolute Gasteiger partial charge is 0.469 e. The predicted molar refractivity (Wildman–Crippen MR) is 85.2 cm³/mol. The second-order valence-electron chi connectivity index (χ2n) is 6.92. The first-order chi connectivity index (χ1) is 10.1. The van der Waals surface area contributed by atoms with E-state index in [0.717, 1.165) is 6.04 Å². The first-order valence-corrected chi connectivity index (χ1v) is 8.77. The Balaban J connectivity index is 2.49. The minimum absolute atomic E-state index is 0.0288. The summed E-state index contributed by atoms with van der Waals surface area (Å²) < 4.78 is 4.88. The van der Waals surface area contributed by atoms with Gasteiger partial charge in [-0.2, -0.15) is 0 Å². The Hall–Kier alpha value is -0.610. The summed E-state index contributed by atoms with van der Waals surface area (Å²) in [7, 11) is 5.93. The van der Waals surface area contributed by atoms with E-state index >= 15 is 0 Å². The molecule has 124 valence electrons. The number of nitrogens with two attached hydrogens (primary N) is 1. The normalized spacial score (nSPS) is 25.5. The van der Waals surface area contributed by atoms with Gasteiger partial charge in [-0.25, -0.2) is 0 Å². The predicted octanol–water partition coefficient (Wildman–Crippen LogP) is 0.233. The molecule has 21 heavy (non-hydrogen) atoms. The molecular weight excluding hydrogens is 264 g/mol. The fourth-order valence-electron chi connectivity index (χ4n) is 3.69. The molecule has 0 unspecified atom stereocenters. The lowest BCUT2D eigenvalue weighted by atomic mass is 9.86. The van der Waals surface area contributed by atoms with Crippen LogP contribution in [0.15, 0.2) is 0 Å². The number of hydrogen-bond donors (Lipinski definition) is 2. The standard InChI is InChI=1S/C17H34N2O2/c1-5-6-7-8-15-14(13-17(20)21-4)9-10-16(15)18-11-12-19(2)3/h14-16,18H,5-13H2,1-4H3/p+2/t14-,15-,16+/m1/s1. The molecule has 1 rings (SSSR count). The highest BCUT2D eigenvalue weighted by atomic mass is 16.5. The van der Waals surface area contributed by atoms with E-state index in [4.69, 9.17) is 4.74 Å². The van der Waals surface area contributed by atoms with Crippen molar-refractivity contribution >= 4 is 5.97 Å². The first-order valence-electron chi connectivity index (χ1n) is 8.77. The van der Waals surface area contributed by atoms with Crippen LogP contribution >= 0.6 is 0 Å². The van der Waals surface area contributed by atoms with Gasteiger partial charge in [-0.05, 0) is 25.2 Å². The smallest absolute Gasteiger partial charge is 0.305 e. The molecule has 0 aromatic carbocycles. The second-order valence-corrected chi connectivity index (χ2v) is 6.92. The van der Waals surface area contributed by atoms with Crippen LogP contribution in [0.5, 0.6) is 0 Å². The van der Waals surface area contributed by atoms with Gasteiger partial charge in [0.1, 0.15) is 13.1 Å². The highest BCUT2D eigenvalue weighted by Gasteiger charge is 2.39. The molecule has 1 fully saturated rings. The van der Waals surface area contributed by atoms with Gasteiger partial charge in [0, 0.05) is 12.3 Å². The Morgan fingerprint density at radius 3 is 2.67 bits per heavy atom. The van der Waals surface area contributed by atoms with E-state index in [2.05, 4.69) is 26.3 Å². The van der Waals surface area contributed by atoms with Crippen LogP contribution < -0.4 is 10.2 Å². The van der Waals surface area contributed by atoms with Crippen molar-refractivity contribution in [1.29, 1.82) is 0 Å². The summed E-state index contributed by atoms with van der Waals surface area (Å²) in [5.41, 5.74) is 0. The third-order valence-electron chi connectivity index (χ3n) is 4.94. The summed E-state index contributed by atoms with van der Waals surface area (Å²) >= 11 is 0. The number of ether oxygens (including phenoxy) is 1. The highest BCUT2D eigenvalue weighted by molar-refractivity contribution is 5.69. The van der Waals surface area contributed by atoms with Crippen molar-refractivity contribution < 1.29 is 19.7 Å². The third-order valence-corrected chi connectivity index (χ3v) is 4.94. The molecule has 0 saturated heterocycles. The van der Waals surface area contributed by atoms with Crippen LogP contribution in [0.25, 0.3) is 0 Å². The maximum atomic E-state index is 11.6. The number of quaternary nitrogens is 2. The van der Waals surface area contributed by atoms with Gasteiger partial charge in [-0.1, -0.05) is 26.2 Å². The zero-order chi connectivity index (χ0) is 15.7. The van der Waals surface area contributed by atoms with Crippen molar-refractivity contribution in [3.8, 4) is 0 Å². The minimum atomic E-state index is -0.0288. The number of carbonyl (C=O) groups excluding carboxylic acids is 1. The third kappa shape index (κ3) is 6.79. The molecule has 4 heteroatoms. The zero-order valence-electron chi connectivity index (χ0n) is 14.5. The van der Waals surface area contributed by atoms with Crippen molar-refractivity contribution in [2.24, 2.45) is 11.8 Å². The van der Waals surface area contributed by atoms with Crippen LogP contribution in [0.2, 0.25) is 0 Å². The van der Waals surface area contributed by atoms with Crippen molar-refractivity contribution in [3.05, 3.63) is 0 Å². The fraction of sp³-hybridized carbons (Fsp3) is 0.941. The van der Waals surface area contributed by atoms with Gasteiger partial charge in [-0.3, -0.25) is 4.79 Å². The van der Waals surface area contributed by atoms with E-state index in [0.29, 0.717) is 18.3 Å². The van der Waals surface area contributed by atoms with Crippen molar-refractivity contribution in [3.63, 3.8) is 0 Å². The van der Waals surface area contributed by atoms with E-state index < -0.39 is 0 Å². The van der Waals surface area contributed by atoms with Crippen LogP contribution in [0.3, 0.4) is 0 Å². The lowest BCUT2D eigenvalue weighted by Crippen LogP contribution is -3.10. The van der Waals surface area contributed by atoms with E-state index in [-0.39, 0.29) is 5.97 Å². The number of likely N-dealkylation sites (N-methyl/N-ethyl adjacent to an activating group) is 1. The van der Waals surface area contributed by atoms with Crippen LogP contribution in [0.4, 0.5) is 0 Å². The Kier molecular flexibility index (Phi) is 8.93. The molecule has 0 bridgehead atoms. The Morgan fingerprint density at radius 2 is 2.05 bits per heavy atom. The molecule has 4 nitrogen and oxygen atoms in total. The summed E-state index contributed by atoms with van der Waals surface area (Å²) in [6, 6.07) is 0.718. The lowest BCUT2D eigenvalue weighted by molar-refractivity contribution is -0.877. The summed E-state index contributed by atoms with van der Waals surface area (Å²) in [5.74, 6) is 1.22. The van der Waals surface area contributed by atoms with E-state index in [9.17, 15) is 4.79 Å². The van der Waals surface area contributed by atoms with Crippen LogP contribution in [-0.4, -0.2) is 46.3 Å². The molecule has 0 radical (unpaired) electrons. The summed E-state index contributed by atoms with van der Waals surface area (Å²) in [6.07, 6.45) is 8.26. The summed E-state index contributed by atoms with van der Waals surface area (Å²) in [6.45, 7) is 4.66. The maximum absolute atomic E-state index is 11.6. The van der Waals surface area contributed by atoms with Gasteiger partial charge < -0.3 is 15.0 Å². The van der Waals surface area contributed by atoms with Gasteiger partial charge in [0.2, 0.25) is 0 Å². The Labute approximate surface area is 130 Å². The second kappa shape index (κ2) is 10.2. The number of rotatable bonds is 10. The van der Waals surface area contributed by atoms with Gasteiger partial charge in [0.15, 0.2) is 0 Å². The maximum Gasteiger partial charge on any atom is 0.305 e. The minimum Gasteiger partial charge on any atom is -0.469 e. The van der Waals surface area contributed by atoms with Gasteiger partial charge in [-0.15, -0.1) is 0 Å². The monoisotopic (exact) mass is 300 g/mol. The van der Waals surface area contributed by atoms with Gasteiger partial charge >= 0.3 is 5.97 Å². The number of esters is 1. The topological polar surface area (TPSA) is 47.3 Å². The average Bonchev–Trinajstić information content (AvgIpc) is 2.81. The molecule has 0 heterocycles. The SMILES string of the molecule is CCCCC[C@@H]1[C@@H](CC(=O)OC)CC[C@@H]1[NH2+]CC[NH+](C)C. The molecular formula is C17H36N2O2+2. The Morgan fingerprint density at radius 1 is 1.29 bits per heavy atom. The number of unbranched alkanes of at least 4 members (excludes halogenated alkanes) is 2. The lowest BCUT2D eigenvalue weighted by Gasteiger charge is -2.23. The number of carbonyl (C=O) groups is 1. The molecule has 0 aromatic heterocycles. The quantitative estimate of drug-likeness (QED) is 0.448. The van der Waals surface area contributed by atoms with Gasteiger partial charge in [0.25, 0.3) is 0 Å². The van der Waals surface area contributed by atoms with E-state index in [1.165, 1.54) is 63.6 Å². The average molecular weight is 300 g/mol. The molecule has 0 aromatic rings. The van der Waals surface area contributed by atoms with Crippen LogP contribution in [0.1, 0.15) is 51.9 Å².